The Kier molecular flexibility index (Phi) is 4.85. The van der Waals surface area contributed by atoms with Crippen LogP contribution in [0.15, 0.2) is 30.6 Å². The van der Waals surface area contributed by atoms with Gasteiger partial charge in [0.1, 0.15) is 0 Å². The molecule has 1 unspecified atom stereocenters. The molecular formula is C14H16BrN3O. The molecule has 1 atom stereocenters. The molecule has 4 nitrogen and oxygen atoms in total. The van der Waals surface area contributed by atoms with Crippen LogP contribution in [-0.4, -0.2) is 27.2 Å². The smallest absolute Gasteiger partial charge is 0.251 e. The van der Waals surface area contributed by atoms with Crippen LogP contribution >= 0.6 is 15.9 Å². The number of carbonyl (C=O) groups excluding carboxylic acids is 1. The van der Waals surface area contributed by atoms with E-state index < -0.39 is 0 Å². The fourth-order valence-electron chi connectivity index (χ4n) is 1.87. The van der Waals surface area contributed by atoms with Crippen LogP contribution in [0.1, 0.15) is 30.1 Å². The molecule has 0 spiro atoms. The van der Waals surface area contributed by atoms with Gasteiger partial charge in [0, 0.05) is 29.3 Å². The first-order valence-electron chi connectivity index (χ1n) is 6.28. The third-order valence-corrected chi connectivity index (χ3v) is 3.44. The van der Waals surface area contributed by atoms with Crippen LogP contribution in [0.25, 0.3) is 11.0 Å². The number of carbonyl (C=O) groups is 1. The molecule has 1 amide bonds. The van der Waals surface area contributed by atoms with Crippen LogP contribution in [0.5, 0.6) is 0 Å². The normalized spacial score (nSPS) is 12.3. The molecule has 0 saturated heterocycles. The van der Waals surface area contributed by atoms with E-state index in [0.717, 1.165) is 29.2 Å². The molecule has 1 heterocycles. The average Bonchev–Trinajstić information content (AvgIpc) is 2.44. The number of rotatable bonds is 5. The predicted octanol–water partition coefficient (Wildman–Crippen LogP) is 2.92. The summed E-state index contributed by atoms with van der Waals surface area (Å²) in [5, 5.41) is 3.94. The van der Waals surface area contributed by atoms with Crippen LogP contribution in [0.2, 0.25) is 0 Å². The zero-order chi connectivity index (χ0) is 13.7. The number of nitrogens with one attached hydrogen (secondary N) is 1. The standard InChI is InChI=1S/C14H16BrN3O/c1-10(3-2-6-15)18-14(19)11-4-5-12-13(9-11)17-8-7-16-12/h4-5,7-10H,2-3,6H2,1H3,(H,18,19). The number of hydrogen-bond acceptors (Lipinski definition) is 3. The van der Waals surface area contributed by atoms with Gasteiger partial charge in [-0.3, -0.25) is 14.8 Å². The highest BCUT2D eigenvalue weighted by molar-refractivity contribution is 9.09. The molecular weight excluding hydrogens is 306 g/mol. The predicted molar refractivity (Wildman–Crippen MR) is 79.5 cm³/mol. The molecule has 0 bridgehead atoms. The minimum atomic E-state index is -0.0605. The molecule has 0 aliphatic heterocycles. The molecule has 100 valence electrons. The van der Waals surface area contributed by atoms with Crippen LogP contribution in [-0.2, 0) is 0 Å². The molecule has 2 aromatic rings. The minimum Gasteiger partial charge on any atom is -0.350 e. The monoisotopic (exact) mass is 321 g/mol. The number of nitrogens with zero attached hydrogens (tertiary/aromatic N) is 2. The van der Waals surface area contributed by atoms with Crippen LogP contribution < -0.4 is 5.32 Å². The summed E-state index contributed by atoms with van der Waals surface area (Å²) in [5.74, 6) is -0.0605. The number of amides is 1. The lowest BCUT2D eigenvalue weighted by Gasteiger charge is -2.13. The Morgan fingerprint density at radius 3 is 2.79 bits per heavy atom. The number of fused-ring (bicyclic) bond motifs is 1. The number of aromatic nitrogens is 2. The average molecular weight is 322 g/mol. The van der Waals surface area contributed by atoms with E-state index in [1.807, 2.05) is 13.0 Å². The van der Waals surface area contributed by atoms with E-state index in [9.17, 15) is 4.79 Å². The molecule has 5 heteroatoms. The van der Waals surface area contributed by atoms with Gasteiger partial charge in [-0.2, -0.15) is 0 Å². The Bertz CT molecular complexity index is 573. The maximum absolute atomic E-state index is 12.1. The maximum atomic E-state index is 12.1. The van der Waals surface area contributed by atoms with Crippen molar-refractivity contribution in [1.29, 1.82) is 0 Å². The summed E-state index contributed by atoms with van der Waals surface area (Å²) in [4.78, 5) is 20.5. The van der Waals surface area contributed by atoms with Crippen molar-refractivity contribution in [3.8, 4) is 0 Å². The summed E-state index contributed by atoms with van der Waals surface area (Å²) in [6.45, 7) is 2.02. The largest absolute Gasteiger partial charge is 0.350 e. The van der Waals surface area contributed by atoms with E-state index >= 15 is 0 Å². The van der Waals surface area contributed by atoms with E-state index in [1.54, 1.807) is 24.5 Å². The fraction of sp³-hybridized carbons (Fsp3) is 0.357. The fourth-order valence-corrected chi connectivity index (χ4v) is 2.19. The van der Waals surface area contributed by atoms with E-state index in [2.05, 4.69) is 31.2 Å². The first kappa shape index (κ1) is 13.9. The van der Waals surface area contributed by atoms with Crippen LogP contribution in [0, 0.1) is 0 Å². The van der Waals surface area contributed by atoms with Gasteiger partial charge < -0.3 is 5.32 Å². The topological polar surface area (TPSA) is 54.9 Å². The Labute approximate surface area is 120 Å². The lowest BCUT2D eigenvalue weighted by atomic mass is 10.1. The molecule has 0 aliphatic carbocycles. The van der Waals surface area contributed by atoms with E-state index in [1.165, 1.54) is 0 Å². The van der Waals surface area contributed by atoms with Crippen LogP contribution in [0.3, 0.4) is 0 Å². The zero-order valence-electron chi connectivity index (χ0n) is 10.8. The van der Waals surface area contributed by atoms with Gasteiger partial charge in [-0.25, -0.2) is 0 Å². The zero-order valence-corrected chi connectivity index (χ0v) is 12.4. The number of halogens is 1. The maximum Gasteiger partial charge on any atom is 0.251 e. The Balaban J connectivity index is 2.08. The molecule has 0 saturated carbocycles. The second-order valence-electron chi connectivity index (χ2n) is 4.47. The number of hydrogen-bond donors (Lipinski definition) is 1. The third-order valence-electron chi connectivity index (χ3n) is 2.88. The van der Waals surface area contributed by atoms with Crippen molar-refractivity contribution in [1.82, 2.24) is 15.3 Å². The van der Waals surface area contributed by atoms with Crippen molar-refractivity contribution in [2.75, 3.05) is 5.33 Å². The van der Waals surface area contributed by atoms with Crippen molar-refractivity contribution in [3.63, 3.8) is 0 Å². The summed E-state index contributed by atoms with van der Waals surface area (Å²) in [6.07, 6.45) is 5.28. The van der Waals surface area contributed by atoms with Crippen molar-refractivity contribution < 1.29 is 4.79 Å². The summed E-state index contributed by atoms with van der Waals surface area (Å²) < 4.78 is 0. The Hall–Kier alpha value is -1.49. The van der Waals surface area contributed by atoms with E-state index in [0.29, 0.717) is 5.56 Å². The van der Waals surface area contributed by atoms with Gasteiger partial charge in [0.15, 0.2) is 0 Å². The van der Waals surface area contributed by atoms with Crippen molar-refractivity contribution >= 4 is 32.9 Å². The van der Waals surface area contributed by atoms with Gasteiger partial charge >= 0.3 is 0 Å². The number of benzene rings is 1. The second-order valence-corrected chi connectivity index (χ2v) is 5.26. The van der Waals surface area contributed by atoms with Crippen molar-refractivity contribution in [3.05, 3.63) is 36.2 Å². The molecule has 0 radical (unpaired) electrons. The third kappa shape index (κ3) is 3.73. The molecule has 1 aromatic carbocycles. The Morgan fingerprint density at radius 1 is 1.32 bits per heavy atom. The lowest BCUT2D eigenvalue weighted by molar-refractivity contribution is 0.0938. The molecule has 0 aliphatic rings. The quantitative estimate of drug-likeness (QED) is 0.861. The van der Waals surface area contributed by atoms with Gasteiger partial charge in [0.25, 0.3) is 5.91 Å². The highest BCUT2D eigenvalue weighted by Gasteiger charge is 2.10. The molecule has 0 fully saturated rings. The van der Waals surface area contributed by atoms with Gasteiger partial charge in [-0.1, -0.05) is 15.9 Å². The summed E-state index contributed by atoms with van der Waals surface area (Å²) in [6, 6.07) is 5.54. The number of alkyl halides is 1. The molecule has 2 rings (SSSR count). The Morgan fingerprint density at radius 2 is 2.05 bits per heavy atom. The summed E-state index contributed by atoms with van der Waals surface area (Å²) in [5.41, 5.74) is 2.16. The van der Waals surface area contributed by atoms with Crippen molar-refractivity contribution in [2.45, 2.75) is 25.8 Å². The summed E-state index contributed by atoms with van der Waals surface area (Å²) in [7, 11) is 0. The second kappa shape index (κ2) is 6.61. The van der Waals surface area contributed by atoms with Gasteiger partial charge in [0.05, 0.1) is 11.0 Å². The van der Waals surface area contributed by atoms with Crippen LogP contribution in [0.4, 0.5) is 0 Å². The molecule has 1 aromatic heterocycles. The minimum absolute atomic E-state index is 0.0605. The van der Waals surface area contributed by atoms with Gasteiger partial charge in [-0.05, 0) is 38.0 Å². The highest BCUT2D eigenvalue weighted by atomic mass is 79.9. The highest BCUT2D eigenvalue weighted by Crippen LogP contribution is 2.11. The summed E-state index contributed by atoms with van der Waals surface area (Å²) >= 11 is 3.39. The van der Waals surface area contributed by atoms with E-state index in [4.69, 9.17) is 0 Å². The molecule has 1 N–H and O–H groups in total. The lowest BCUT2D eigenvalue weighted by Crippen LogP contribution is -2.32. The van der Waals surface area contributed by atoms with Crippen molar-refractivity contribution in [2.24, 2.45) is 0 Å². The van der Waals surface area contributed by atoms with Gasteiger partial charge in [-0.15, -0.1) is 0 Å². The molecule has 19 heavy (non-hydrogen) atoms. The van der Waals surface area contributed by atoms with E-state index in [-0.39, 0.29) is 11.9 Å². The first-order valence-corrected chi connectivity index (χ1v) is 7.40. The first-order chi connectivity index (χ1) is 9.20. The SMILES string of the molecule is CC(CCCBr)NC(=O)c1ccc2nccnc2c1. The van der Waals surface area contributed by atoms with Gasteiger partial charge in [0.2, 0.25) is 0 Å².